The van der Waals surface area contributed by atoms with E-state index in [1.807, 2.05) is 6.92 Å². The summed E-state index contributed by atoms with van der Waals surface area (Å²) < 4.78 is 1.72. The zero-order valence-electron chi connectivity index (χ0n) is 8.55. The fourth-order valence-corrected chi connectivity index (χ4v) is 1.58. The van der Waals surface area contributed by atoms with Crippen LogP contribution in [0.4, 0.5) is 0 Å². The second-order valence-electron chi connectivity index (χ2n) is 3.15. The smallest absolute Gasteiger partial charge is 0.145 e. The summed E-state index contributed by atoms with van der Waals surface area (Å²) >= 11 is 6.02. The molecule has 0 bridgehead atoms. The monoisotopic (exact) mass is 211 g/mol. The first-order chi connectivity index (χ1) is 6.74. The number of hydrogen-bond acceptors (Lipinski definition) is 2. The van der Waals surface area contributed by atoms with Crippen molar-refractivity contribution in [2.24, 2.45) is 0 Å². The fourth-order valence-electron chi connectivity index (χ4n) is 1.30. The molecule has 3 nitrogen and oxygen atoms in total. The summed E-state index contributed by atoms with van der Waals surface area (Å²) in [4.78, 5) is 0. The lowest BCUT2D eigenvalue weighted by atomic mass is 10.2. The molecule has 0 saturated heterocycles. The van der Waals surface area contributed by atoms with Crippen LogP contribution < -0.4 is 0 Å². The molecule has 0 fully saturated rings. The summed E-state index contributed by atoms with van der Waals surface area (Å²) in [6.07, 6.45) is 2.89. The third-order valence-corrected chi connectivity index (χ3v) is 2.52. The van der Waals surface area contributed by atoms with Gasteiger partial charge in [-0.25, -0.2) is 0 Å². The second-order valence-corrected chi connectivity index (χ2v) is 3.51. The minimum absolute atomic E-state index is 0.484. The Morgan fingerprint density at radius 3 is 2.64 bits per heavy atom. The molecule has 0 amide bonds. The van der Waals surface area contributed by atoms with Crippen molar-refractivity contribution in [2.45, 2.75) is 39.7 Å². The van der Waals surface area contributed by atoms with Crippen LogP contribution in [0.3, 0.4) is 0 Å². The van der Waals surface area contributed by atoms with Gasteiger partial charge in [0.25, 0.3) is 0 Å². The molecule has 0 aliphatic heterocycles. The van der Waals surface area contributed by atoms with Crippen LogP contribution in [0.15, 0.2) is 0 Å². The Labute approximate surface area is 89.3 Å². The molecule has 14 heavy (non-hydrogen) atoms. The van der Waals surface area contributed by atoms with Crippen molar-refractivity contribution >= 4 is 11.6 Å². The van der Waals surface area contributed by atoms with Crippen LogP contribution in [0.25, 0.3) is 0 Å². The number of aromatic nitrogens is 2. The number of hydrogen-bond donors (Lipinski definition) is 0. The van der Waals surface area contributed by atoms with Gasteiger partial charge in [-0.2, -0.15) is 10.4 Å². The number of halogens is 1. The molecule has 0 aromatic carbocycles. The summed E-state index contributed by atoms with van der Waals surface area (Å²) in [6.45, 7) is 4.89. The maximum absolute atomic E-state index is 8.88. The Morgan fingerprint density at radius 2 is 2.21 bits per heavy atom. The number of nitrogens with zero attached hydrogens (tertiary/aromatic N) is 3. The standard InChI is InChI=1S/C10H14ClN3/c1-3-5-6-14-10(11)8(7-12)9(4-2)13-14/h3-6H2,1-2H3. The predicted molar refractivity (Wildman–Crippen MR) is 56.2 cm³/mol. The van der Waals surface area contributed by atoms with Gasteiger partial charge in [0, 0.05) is 6.54 Å². The Kier molecular flexibility index (Phi) is 3.97. The van der Waals surface area contributed by atoms with E-state index in [2.05, 4.69) is 18.1 Å². The molecule has 0 aliphatic carbocycles. The van der Waals surface area contributed by atoms with Crippen molar-refractivity contribution in [2.75, 3.05) is 0 Å². The summed E-state index contributed by atoms with van der Waals surface area (Å²) in [7, 11) is 0. The quantitative estimate of drug-likeness (QED) is 0.769. The second kappa shape index (κ2) is 5.02. The molecule has 0 atom stereocenters. The molecule has 1 heterocycles. The van der Waals surface area contributed by atoms with E-state index in [0.717, 1.165) is 31.5 Å². The van der Waals surface area contributed by atoms with Crippen LogP contribution in [0, 0.1) is 11.3 Å². The fraction of sp³-hybridized carbons (Fsp3) is 0.600. The molecular formula is C10H14ClN3. The van der Waals surface area contributed by atoms with Gasteiger partial charge in [0.1, 0.15) is 16.8 Å². The highest BCUT2D eigenvalue weighted by molar-refractivity contribution is 6.30. The molecular weight excluding hydrogens is 198 g/mol. The van der Waals surface area contributed by atoms with E-state index in [1.165, 1.54) is 0 Å². The van der Waals surface area contributed by atoms with E-state index < -0.39 is 0 Å². The van der Waals surface area contributed by atoms with Crippen molar-refractivity contribution in [3.05, 3.63) is 16.4 Å². The van der Waals surface area contributed by atoms with Crippen molar-refractivity contribution < 1.29 is 0 Å². The average Bonchev–Trinajstić information content (AvgIpc) is 2.51. The highest BCUT2D eigenvalue weighted by atomic mass is 35.5. The van der Waals surface area contributed by atoms with Crippen LogP contribution in [0.1, 0.15) is 37.9 Å². The Hall–Kier alpha value is -1.01. The molecule has 0 unspecified atom stereocenters. The molecule has 0 spiro atoms. The van der Waals surface area contributed by atoms with Gasteiger partial charge >= 0.3 is 0 Å². The summed E-state index contributed by atoms with van der Waals surface area (Å²) in [5.74, 6) is 0. The van der Waals surface area contributed by atoms with Gasteiger partial charge < -0.3 is 0 Å². The van der Waals surface area contributed by atoms with Gasteiger partial charge in [-0.1, -0.05) is 31.9 Å². The van der Waals surface area contributed by atoms with Crippen molar-refractivity contribution in [3.8, 4) is 6.07 Å². The number of rotatable bonds is 4. The van der Waals surface area contributed by atoms with Gasteiger partial charge in [-0.15, -0.1) is 0 Å². The van der Waals surface area contributed by atoms with Crippen LogP contribution in [-0.4, -0.2) is 9.78 Å². The first-order valence-corrected chi connectivity index (χ1v) is 5.27. The number of aryl methyl sites for hydroxylation is 2. The van der Waals surface area contributed by atoms with Crippen molar-refractivity contribution in [1.82, 2.24) is 9.78 Å². The third-order valence-electron chi connectivity index (χ3n) is 2.13. The SMILES string of the molecule is CCCCn1nc(CC)c(C#N)c1Cl. The summed E-state index contributed by atoms with van der Waals surface area (Å²) in [5, 5.41) is 13.7. The van der Waals surface area contributed by atoms with Crippen LogP contribution in [0.2, 0.25) is 5.15 Å². The van der Waals surface area contributed by atoms with Gasteiger partial charge in [-0.3, -0.25) is 4.68 Å². The Morgan fingerprint density at radius 1 is 1.50 bits per heavy atom. The topological polar surface area (TPSA) is 41.6 Å². The molecule has 4 heteroatoms. The van der Waals surface area contributed by atoms with Gasteiger partial charge in [0.05, 0.1) is 5.69 Å². The molecule has 1 aromatic rings. The maximum atomic E-state index is 8.88. The van der Waals surface area contributed by atoms with Crippen LogP contribution in [-0.2, 0) is 13.0 Å². The highest BCUT2D eigenvalue weighted by Crippen LogP contribution is 2.19. The Balaban J connectivity index is 2.97. The lowest BCUT2D eigenvalue weighted by Crippen LogP contribution is -2.00. The zero-order valence-corrected chi connectivity index (χ0v) is 9.30. The van der Waals surface area contributed by atoms with E-state index in [9.17, 15) is 0 Å². The lowest BCUT2D eigenvalue weighted by molar-refractivity contribution is 0.567. The van der Waals surface area contributed by atoms with E-state index in [1.54, 1.807) is 4.68 Å². The summed E-state index contributed by atoms with van der Waals surface area (Å²) in [5.41, 5.74) is 1.33. The van der Waals surface area contributed by atoms with E-state index >= 15 is 0 Å². The zero-order chi connectivity index (χ0) is 10.6. The average molecular weight is 212 g/mol. The molecule has 1 rings (SSSR count). The minimum atomic E-state index is 0.484. The predicted octanol–water partition coefficient (Wildman–Crippen LogP) is 2.77. The first-order valence-electron chi connectivity index (χ1n) is 4.89. The molecule has 1 aromatic heterocycles. The molecule has 76 valence electrons. The Bertz CT molecular complexity index is 349. The number of unbranched alkanes of at least 4 members (excludes halogenated alkanes) is 1. The lowest BCUT2D eigenvalue weighted by Gasteiger charge is -1.99. The van der Waals surface area contributed by atoms with E-state index in [4.69, 9.17) is 16.9 Å². The normalized spacial score (nSPS) is 10.1. The molecule has 0 N–H and O–H groups in total. The number of nitriles is 1. The largest absolute Gasteiger partial charge is 0.252 e. The summed E-state index contributed by atoms with van der Waals surface area (Å²) in [6, 6.07) is 2.10. The molecule has 0 radical (unpaired) electrons. The van der Waals surface area contributed by atoms with Crippen LogP contribution >= 0.6 is 11.6 Å². The molecule has 0 aliphatic rings. The van der Waals surface area contributed by atoms with Crippen molar-refractivity contribution in [1.29, 1.82) is 5.26 Å². The highest BCUT2D eigenvalue weighted by Gasteiger charge is 2.13. The van der Waals surface area contributed by atoms with E-state index in [0.29, 0.717) is 10.7 Å². The minimum Gasteiger partial charge on any atom is -0.252 e. The van der Waals surface area contributed by atoms with Gasteiger partial charge in [-0.05, 0) is 12.8 Å². The van der Waals surface area contributed by atoms with E-state index in [-0.39, 0.29) is 0 Å². The van der Waals surface area contributed by atoms with Crippen molar-refractivity contribution in [3.63, 3.8) is 0 Å². The van der Waals surface area contributed by atoms with Crippen LogP contribution in [0.5, 0.6) is 0 Å². The van der Waals surface area contributed by atoms with Gasteiger partial charge in [0.2, 0.25) is 0 Å². The molecule has 0 saturated carbocycles. The first kappa shape index (κ1) is 11.1. The third kappa shape index (κ3) is 2.08. The maximum Gasteiger partial charge on any atom is 0.145 e. The van der Waals surface area contributed by atoms with Gasteiger partial charge in [0.15, 0.2) is 0 Å².